The van der Waals surface area contributed by atoms with E-state index in [0.717, 1.165) is 43.6 Å². The van der Waals surface area contributed by atoms with Gasteiger partial charge in [0, 0.05) is 38.2 Å². The van der Waals surface area contributed by atoms with Gasteiger partial charge in [-0.15, -0.1) is 0 Å². The average molecular weight is 248 g/mol. The van der Waals surface area contributed by atoms with Gasteiger partial charge < -0.3 is 15.2 Å². The highest BCUT2D eigenvalue weighted by molar-refractivity contribution is 5.37. The number of aromatic nitrogens is 2. The fraction of sp³-hybridized carbons (Fsp3) is 0.692. The normalized spacial score (nSPS) is 18.9. The zero-order chi connectivity index (χ0) is 12.5. The van der Waals surface area contributed by atoms with Gasteiger partial charge in [0.1, 0.15) is 11.6 Å². The highest BCUT2D eigenvalue weighted by atomic mass is 16.1. The number of anilines is 1. The monoisotopic (exact) mass is 248 g/mol. The first-order valence-electron chi connectivity index (χ1n) is 6.78. The molecule has 0 aromatic carbocycles. The van der Waals surface area contributed by atoms with Gasteiger partial charge in [-0.2, -0.15) is 0 Å². The molecule has 5 nitrogen and oxygen atoms in total. The quantitative estimate of drug-likeness (QED) is 0.783. The molecular weight excluding hydrogens is 228 g/mol. The highest BCUT2D eigenvalue weighted by Crippen LogP contribution is 2.37. The van der Waals surface area contributed by atoms with Crippen LogP contribution in [0.25, 0.3) is 0 Å². The fourth-order valence-corrected chi connectivity index (χ4v) is 2.05. The van der Waals surface area contributed by atoms with Gasteiger partial charge in [0.2, 0.25) is 0 Å². The third kappa shape index (κ3) is 2.90. The lowest BCUT2D eigenvalue weighted by Crippen LogP contribution is -2.31. The molecule has 0 bridgehead atoms. The summed E-state index contributed by atoms with van der Waals surface area (Å²) in [6, 6.07) is 2.32. The van der Waals surface area contributed by atoms with Gasteiger partial charge in [-0.1, -0.05) is 0 Å². The molecule has 2 fully saturated rings. The third-order valence-electron chi connectivity index (χ3n) is 3.56. The molecule has 0 spiro atoms. The first kappa shape index (κ1) is 11.7. The van der Waals surface area contributed by atoms with E-state index in [1.54, 1.807) is 6.07 Å². The molecule has 2 saturated carbocycles. The molecule has 0 aliphatic heterocycles. The lowest BCUT2D eigenvalue weighted by molar-refractivity contribution is 0.671. The van der Waals surface area contributed by atoms with Crippen molar-refractivity contribution in [2.45, 2.75) is 37.6 Å². The molecule has 1 heterocycles. The summed E-state index contributed by atoms with van der Waals surface area (Å²) in [5.41, 5.74) is -0.0381. The van der Waals surface area contributed by atoms with Gasteiger partial charge in [-0.25, -0.2) is 4.98 Å². The summed E-state index contributed by atoms with van der Waals surface area (Å²) in [7, 11) is 1.99. The first-order valence-corrected chi connectivity index (χ1v) is 6.78. The standard InChI is InChI=1S/C13H20N4O/c1-17(7-6-14-10-4-5-10)11-8-12(18)16-13(15-11)9-2-3-9/h8-10,14H,2-7H2,1H3,(H,15,16,18). The van der Waals surface area contributed by atoms with Gasteiger partial charge in [-0.05, 0) is 25.7 Å². The van der Waals surface area contributed by atoms with Gasteiger partial charge in [0.15, 0.2) is 0 Å². The van der Waals surface area contributed by atoms with Crippen molar-refractivity contribution >= 4 is 5.82 Å². The van der Waals surface area contributed by atoms with Crippen molar-refractivity contribution in [2.75, 3.05) is 25.0 Å². The molecule has 1 aromatic heterocycles. The number of rotatable bonds is 6. The zero-order valence-corrected chi connectivity index (χ0v) is 10.8. The Bertz CT molecular complexity index is 476. The molecule has 98 valence electrons. The molecule has 2 aliphatic rings. The van der Waals surface area contributed by atoms with E-state index in [1.165, 1.54) is 12.8 Å². The number of likely N-dealkylation sites (N-methyl/N-ethyl adjacent to an activating group) is 1. The molecule has 0 saturated heterocycles. The third-order valence-corrected chi connectivity index (χ3v) is 3.56. The fourth-order valence-electron chi connectivity index (χ4n) is 2.05. The Balaban J connectivity index is 1.63. The number of H-pyrrole nitrogens is 1. The van der Waals surface area contributed by atoms with Crippen LogP contribution in [0.1, 0.15) is 37.4 Å². The average Bonchev–Trinajstić information content (AvgIpc) is 3.21. The SMILES string of the molecule is CN(CCNC1CC1)c1cc(=O)[nH]c(C2CC2)n1. The predicted molar refractivity (Wildman–Crippen MR) is 71.1 cm³/mol. The summed E-state index contributed by atoms with van der Waals surface area (Å²) in [4.78, 5) is 21.0. The molecular formula is C13H20N4O. The number of nitrogens with zero attached hydrogens (tertiary/aromatic N) is 2. The second-order valence-electron chi connectivity index (χ2n) is 5.41. The van der Waals surface area contributed by atoms with Crippen LogP contribution in [0.2, 0.25) is 0 Å². The van der Waals surface area contributed by atoms with Crippen molar-refractivity contribution < 1.29 is 0 Å². The number of hydrogen-bond donors (Lipinski definition) is 2. The summed E-state index contributed by atoms with van der Waals surface area (Å²) in [5.74, 6) is 2.13. The van der Waals surface area contributed by atoms with E-state index in [0.29, 0.717) is 5.92 Å². The Morgan fingerprint density at radius 2 is 2.22 bits per heavy atom. The van der Waals surface area contributed by atoms with Crippen LogP contribution >= 0.6 is 0 Å². The molecule has 1 aromatic rings. The van der Waals surface area contributed by atoms with E-state index in [2.05, 4.69) is 20.2 Å². The Morgan fingerprint density at radius 3 is 2.89 bits per heavy atom. The smallest absolute Gasteiger partial charge is 0.252 e. The van der Waals surface area contributed by atoms with Gasteiger partial charge >= 0.3 is 0 Å². The van der Waals surface area contributed by atoms with Crippen LogP contribution in [0.3, 0.4) is 0 Å². The lowest BCUT2D eigenvalue weighted by atomic mass is 10.3. The topological polar surface area (TPSA) is 61.0 Å². The van der Waals surface area contributed by atoms with E-state index in [4.69, 9.17) is 0 Å². The van der Waals surface area contributed by atoms with E-state index >= 15 is 0 Å². The molecule has 0 atom stereocenters. The van der Waals surface area contributed by atoms with Crippen molar-refractivity contribution in [2.24, 2.45) is 0 Å². The van der Waals surface area contributed by atoms with Crippen LogP contribution in [0.5, 0.6) is 0 Å². The number of aromatic amines is 1. The first-order chi connectivity index (χ1) is 8.72. The Labute approximate surface area is 107 Å². The summed E-state index contributed by atoms with van der Waals surface area (Å²) in [5, 5.41) is 3.47. The largest absolute Gasteiger partial charge is 0.358 e. The van der Waals surface area contributed by atoms with Crippen LogP contribution in [0.15, 0.2) is 10.9 Å². The van der Waals surface area contributed by atoms with Crippen molar-refractivity contribution in [3.8, 4) is 0 Å². The second-order valence-corrected chi connectivity index (χ2v) is 5.41. The van der Waals surface area contributed by atoms with Crippen LogP contribution in [0, 0.1) is 0 Å². The van der Waals surface area contributed by atoms with Crippen molar-refractivity contribution in [1.29, 1.82) is 0 Å². The maximum absolute atomic E-state index is 11.6. The summed E-state index contributed by atoms with van der Waals surface area (Å²) >= 11 is 0. The molecule has 0 radical (unpaired) electrons. The maximum atomic E-state index is 11.6. The van der Waals surface area contributed by atoms with Crippen LogP contribution in [-0.2, 0) is 0 Å². The van der Waals surface area contributed by atoms with Gasteiger partial charge in [-0.3, -0.25) is 4.79 Å². The Morgan fingerprint density at radius 1 is 1.44 bits per heavy atom. The molecule has 3 rings (SSSR count). The molecule has 18 heavy (non-hydrogen) atoms. The van der Waals surface area contributed by atoms with E-state index in [-0.39, 0.29) is 5.56 Å². The van der Waals surface area contributed by atoms with E-state index in [9.17, 15) is 4.79 Å². The van der Waals surface area contributed by atoms with E-state index in [1.807, 2.05) is 7.05 Å². The minimum atomic E-state index is -0.0381. The molecule has 2 N–H and O–H groups in total. The number of nitrogens with one attached hydrogen (secondary N) is 2. The summed E-state index contributed by atoms with van der Waals surface area (Å²) in [6.45, 7) is 1.84. The van der Waals surface area contributed by atoms with E-state index < -0.39 is 0 Å². The van der Waals surface area contributed by atoms with Crippen LogP contribution in [0.4, 0.5) is 5.82 Å². The van der Waals surface area contributed by atoms with Crippen molar-refractivity contribution in [1.82, 2.24) is 15.3 Å². The van der Waals surface area contributed by atoms with Crippen molar-refractivity contribution in [3.63, 3.8) is 0 Å². The van der Waals surface area contributed by atoms with Crippen molar-refractivity contribution in [3.05, 3.63) is 22.2 Å². The zero-order valence-electron chi connectivity index (χ0n) is 10.8. The predicted octanol–water partition coefficient (Wildman–Crippen LogP) is 0.835. The molecule has 0 amide bonds. The van der Waals surface area contributed by atoms with Gasteiger partial charge in [0.25, 0.3) is 5.56 Å². The Kier molecular flexibility index (Phi) is 3.07. The molecule has 2 aliphatic carbocycles. The minimum Gasteiger partial charge on any atom is -0.358 e. The summed E-state index contributed by atoms with van der Waals surface area (Å²) < 4.78 is 0. The maximum Gasteiger partial charge on any atom is 0.252 e. The Hall–Kier alpha value is -1.36. The van der Waals surface area contributed by atoms with Crippen LogP contribution < -0.4 is 15.8 Å². The number of hydrogen-bond acceptors (Lipinski definition) is 4. The molecule has 5 heteroatoms. The minimum absolute atomic E-state index is 0.0381. The highest BCUT2D eigenvalue weighted by Gasteiger charge is 2.26. The lowest BCUT2D eigenvalue weighted by Gasteiger charge is -2.18. The summed E-state index contributed by atoms with van der Waals surface area (Å²) in [6.07, 6.45) is 4.91. The van der Waals surface area contributed by atoms with Crippen LogP contribution in [-0.4, -0.2) is 36.1 Å². The van der Waals surface area contributed by atoms with Gasteiger partial charge in [0.05, 0.1) is 0 Å². The molecule has 0 unspecified atom stereocenters. The second kappa shape index (κ2) is 4.72.